The molecule has 3 aromatic carbocycles. The smallest absolute Gasteiger partial charge is 0.512 e. The summed E-state index contributed by atoms with van der Waals surface area (Å²) in [6, 6.07) is 28.1. The van der Waals surface area contributed by atoms with E-state index < -0.39 is 5.60 Å². The predicted molar refractivity (Wildman–Crippen MR) is 183 cm³/mol. The second kappa shape index (κ2) is 16.5. The first-order valence-corrected chi connectivity index (χ1v) is 17.4. The zero-order chi connectivity index (χ0) is 32.6. The van der Waals surface area contributed by atoms with Crippen LogP contribution >= 0.6 is 11.8 Å². The monoisotopic (exact) mass is 706 g/mol. The molecule has 0 amide bonds. The van der Waals surface area contributed by atoms with Gasteiger partial charge in [-0.05, 0) is 54.7 Å². The van der Waals surface area contributed by atoms with Crippen molar-refractivity contribution < 1.29 is 26.5 Å². The van der Waals surface area contributed by atoms with Gasteiger partial charge in [0.05, 0.1) is 30.2 Å². The summed E-state index contributed by atoms with van der Waals surface area (Å²) in [4.78, 5) is 14.7. The molecule has 1 unspecified atom stereocenters. The van der Waals surface area contributed by atoms with Gasteiger partial charge < -0.3 is 31.1 Å². The van der Waals surface area contributed by atoms with Crippen molar-refractivity contribution in [2.24, 2.45) is 0 Å². The Morgan fingerprint density at radius 2 is 1.65 bits per heavy atom. The fraction of sp³-hybridized carbons (Fsp3) is 0.368. The number of ether oxygens (including phenoxy) is 2. The number of hydrogen-bond acceptors (Lipinski definition) is 9. The van der Waals surface area contributed by atoms with Crippen molar-refractivity contribution in [1.29, 1.82) is 10.5 Å². The van der Waals surface area contributed by atoms with Crippen LogP contribution in [0.4, 0.5) is 11.5 Å². The van der Waals surface area contributed by atoms with Gasteiger partial charge in [0.25, 0.3) is 0 Å². The summed E-state index contributed by atoms with van der Waals surface area (Å²) in [6.07, 6.45) is 6.47. The molecule has 0 N–H and O–H groups in total. The van der Waals surface area contributed by atoms with Gasteiger partial charge in [-0.3, -0.25) is 0 Å². The van der Waals surface area contributed by atoms with Crippen LogP contribution in [0.1, 0.15) is 58.3 Å². The number of nitrogens with zero attached hydrogens (tertiary/aromatic N) is 6. The molecule has 1 spiro atoms. The number of fused-ring (bicyclic) bond motifs is 3. The molecule has 1 fully saturated rings. The van der Waals surface area contributed by atoms with Gasteiger partial charge in [0.1, 0.15) is 17.5 Å². The molecule has 0 bridgehead atoms. The fourth-order valence-electron chi connectivity index (χ4n) is 7.22. The SMILES string of the molecule is CSc1nc2c(c(N3CCCOCC3)n1)COC1(CCCc3ccc(N(Cc4ccccc4)Cc4ccccc4)c(C#N)c31)C2.[C-]#N.[Cu+]. The summed E-state index contributed by atoms with van der Waals surface area (Å²) < 4.78 is 12.7. The van der Waals surface area contributed by atoms with Crippen molar-refractivity contribution in [1.82, 2.24) is 9.97 Å². The second-order valence-corrected chi connectivity index (χ2v) is 12.9. The molecule has 8 nitrogen and oxygen atoms in total. The standard InChI is InChI=1S/C37H39N5O2S.CN.Cu/c1-45-36-39-32-22-37(44-26-31(32)35(40-36)41-18-9-20-43-21-19-41)17-8-14-29-15-16-33(30(23-38)34(29)37)42(24-27-10-4-2-5-11-27)25-28-12-6-3-7-13-28;1-2;/h2-7,10-13,15-16H,8-9,14,17-22,24-26H2,1H3;;/q;-1;+1. The summed E-state index contributed by atoms with van der Waals surface area (Å²) >= 11 is 1.58. The van der Waals surface area contributed by atoms with Gasteiger partial charge in [0.2, 0.25) is 0 Å². The Morgan fingerprint density at radius 1 is 0.938 bits per heavy atom. The minimum absolute atomic E-state index is 0. The van der Waals surface area contributed by atoms with Gasteiger partial charge in [0.15, 0.2) is 5.16 Å². The summed E-state index contributed by atoms with van der Waals surface area (Å²) in [6.45, 7) is 9.78. The first kappa shape index (κ1) is 35.4. The maximum absolute atomic E-state index is 10.9. The minimum atomic E-state index is -0.601. The molecule has 1 aliphatic carbocycles. The number of hydrogen-bond donors (Lipinski definition) is 0. The van der Waals surface area contributed by atoms with Crippen molar-refractivity contribution >= 4 is 23.3 Å². The zero-order valence-electron chi connectivity index (χ0n) is 27.1. The van der Waals surface area contributed by atoms with Crippen LogP contribution in [0.25, 0.3) is 0 Å². The van der Waals surface area contributed by atoms with Crippen LogP contribution in [-0.4, -0.2) is 42.5 Å². The zero-order valence-corrected chi connectivity index (χ0v) is 28.9. The van der Waals surface area contributed by atoms with E-state index in [0.29, 0.717) is 32.7 Å². The molecule has 1 aromatic heterocycles. The minimum Gasteiger partial charge on any atom is -0.512 e. The summed E-state index contributed by atoms with van der Waals surface area (Å²) in [5, 5.41) is 17.9. The van der Waals surface area contributed by atoms with Gasteiger partial charge in [0, 0.05) is 50.3 Å². The maximum Gasteiger partial charge on any atom is 1.00 e. The second-order valence-electron chi connectivity index (χ2n) is 12.2. The molecule has 2 aliphatic heterocycles. The molecule has 4 aromatic rings. The molecule has 7 rings (SSSR count). The number of thioether (sulfide) groups is 1. The van der Waals surface area contributed by atoms with Crippen molar-refractivity contribution in [3.05, 3.63) is 118 Å². The quantitative estimate of drug-likeness (QED) is 0.0880. The summed E-state index contributed by atoms with van der Waals surface area (Å²) in [7, 11) is 0. The van der Waals surface area contributed by atoms with E-state index in [1.807, 2.05) is 18.4 Å². The van der Waals surface area contributed by atoms with Crippen LogP contribution < -0.4 is 9.80 Å². The molecule has 1 saturated heterocycles. The molecule has 0 radical (unpaired) electrons. The molecule has 250 valence electrons. The third-order valence-corrected chi connectivity index (χ3v) is 9.89. The van der Waals surface area contributed by atoms with E-state index in [0.717, 1.165) is 84.4 Å². The van der Waals surface area contributed by atoms with E-state index in [1.54, 1.807) is 11.8 Å². The number of aromatic nitrogens is 2. The molecule has 10 heteroatoms. The van der Waals surface area contributed by atoms with Crippen molar-refractivity contribution in [2.45, 2.75) is 62.6 Å². The van der Waals surface area contributed by atoms with Gasteiger partial charge in [-0.15, -0.1) is 0 Å². The number of aryl methyl sites for hydroxylation is 1. The summed E-state index contributed by atoms with van der Waals surface area (Å²) in [5.41, 5.74) is 7.90. The van der Waals surface area contributed by atoms with Crippen LogP contribution in [0.15, 0.2) is 78.0 Å². The Morgan fingerprint density at radius 3 is 2.31 bits per heavy atom. The van der Waals surface area contributed by atoms with Crippen molar-refractivity contribution in [3.63, 3.8) is 0 Å². The van der Waals surface area contributed by atoms with Crippen molar-refractivity contribution in [2.75, 3.05) is 42.4 Å². The Balaban J connectivity index is 0.00000148. The molecule has 1 atom stereocenters. The first-order valence-electron chi connectivity index (χ1n) is 16.2. The van der Waals surface area contributed by atoms with Crippen molar-refractivity contribution in [3.8, 4) is 6.07 Å². The average Bonchev–Trinajstić information content (AvgIpc) is 3.42. The van der Waals surface area contributed by atoms with Gasteiger partial charge in [-0.1, -0.05) is 78.5 Å². The van der Waals surface area contributed by atoms with Gasteiger partial charge in [-0.25, -0.2) is 9.97 Å². The third kappa shape index (κ3) is 7.39. The van der Waals surface area contributed by atoms with E-state index in [9.17, 15) is 5.26 Å². The molecule has 48 heavy (non-hydrogen) atoms. The number of benzene rings is 3. The van der Waals surface area contributed by atoms with Crippen LogP contribution in [0.5, 0.6) is 0 Å². The van der Waals surface area contributed by atoms with Gasteiger partial charge >= 0.3 is 17.1 Å². The van der Waals surface area contributed by atoms with Crippen LogP contribution in [0.3, 0.4) is 0 Å². The van der Waals surface area contributed by atoms with E-state index in [-0.39, 0.29) is 17.1 Å². The molecular formula is C38H39CuN6O2S. The normalized spacial score (nSPS) is 18.2. The number of anilines is 2. The number of nitriles is 1. The Hall–Kier alpha value is -3.89. The molecule has 0 saturated carbocycles. The van der Waals surface area contributed by atoms with E-state index >= 15 is 0 Å². The predicted octanol–water partition coefficient (Wildman–Crippen LogP) is 6.90. The van der Waals surface area contributed by atoms with Crippen LogP contribution in [0.2, 0.25) is 0 Å². The van der Waals surface area contributed by atoms with E-state index in [4.69, 9.17) is 31.3 Å². The Labute approximate surface area is 298 Å². The summed E-state index contributed by atoms with van der Waals surface area (Å²) in [5.74, 6) is 0.979. The van der Waals surface area contributed by atoms with Gasteiger partial charge in [-0.2, -0.15) is 5.26 Å². The molecule has 3 aliphatic rings. The third-order valence-electron chi connectivity index (χ3n) is 9.34. The Bertz CT molecular complexity index is 1700. The molecule has 3 heterocycles. The average molecular weight is 707 g/mol. The largest absolute Gasteiger partial charge is 1.00 e. The first-order chi connectivity index (χ1) is 23.2. The maximum atomic E-state index is 10.9. The molecular weight excluding hydrogens is 668 g/mol. The number of rotatable bonds is 7. The van der Waals surface area contributed by atoms with E-state index in [1.165, 1.54) is 16.7 Å². The van der Waals surface area contributed by atoms with Crippen LogP contribution in [-0.2, 0) is 64.7 Å². The fourth-order valence-corrected chi connectivity index (χ4v) is 7.60. The topological polar surface area (TPSA) is 98.3 Å². The Kier molecular flexibility index (Phi) is 12.2. The van der Waals surface area contributed by atoms with Crippen LogP contribution in [0, 0.1) is 23.2 Å². The van der Waals surface area contributed by atoms with E-state index in [2.05, 4.69) is 76.5 Å².